The summed E-state index contributed by atoms with van der Waals surface area (Å²) in [6.07, 6.45) is -9.82. The van der Waals surface area contributed by atoms with Crippen LogP contribution in [0.1, 0.15) is 0 Å². The van der Waals surface area contributed by atoms with E-state index in [0.717, 1.165) is 0 Å². The molecule has 0 saturated carbocycles. The van der Waals surface area contributed by atoms with Gasteiger partial charge in [-0.25, -0.2) is 0 Å². The molecule has 0 heterocycles. The minimum atomic E-state index is -2.05. The molecule has 0 aromatic heterocycles. The van der Waals surface area contributed by atoms with Gasteiger partial charge in [-0.3, -0.25) is 0 Å². The molecule has 5 atom stereocenters. The van der Waals surface area contributed by atoms with Gasteiger partial charge in [0.2, 0.25) is 0 Å². The summed E-state index contributed by atoms with van der Waals surface area (Å²) in [4.78, 5) is 13.1. The van der Waals surface area contributed by atoms with Crippen molar-refractivity contribution in [1.29, 1.82) is 0 Å². The van der Waals surface area contributed by atoms with Gasteiger partial charge < -0.3 is 30.3 Å². The van der Waals surface area contributed by atoms with Crippen molar-refractivity contribution in [2.24, 2.45) is 0 Å². The monoisotopic (exact) mass is 228 g/mol. The summed E-state index contributed by atoms with van der Waals surface area (Å²) in [5.74, 6) is 0. The number of rotatable bonds is 7. The van der Waals surface area contributed by atoms with Gasteiger partial charge in [0.05, 0.1) is 6.61 Å². The Morgan fingerprint density at radius 2 is 1.67 bits per heavy atom. The van der Waals surface area contributed by atoms with Crippen molar-refractivity contribution in [3.63, 3.8) is 0 Å². The number of halogens is 1. The first-order chi connectivity index (χ1) is 6.99. The Labute approximate surface area is 84.2 Å². The van der Waals surface area contributed by atoms with Crippen molar-refractivity contribution in [2.45, 2.75) is 30.5 Å². The lowest BCUT2D eigenvalue weighted by Crippen LogP contribution is -2.50. The highest BCUT2D eigenvalue weighted by Crippen LogP contribution is 2.09. The molecule has 0 radical (unpaired) electrons. The lowest BCUT2D eigenvalue weighted by Gasteiger charge is -2.26. The highest BCUT2D eigenvalue weighted by molar-refractivity contribution is 5.57. The molecule has 0 fully saturated rings. The molecule has 0 aliphatic rings. The zero-order chi connectivity index (χ0) is 12.0. The summed E-state index contributed by atoms with van der Waals surface area (Å²) in [5, 5.41) is 44.6. The quantitative estimate of drug-likeness (QED) is 0.292. The average molecular weight is 228 g/mol. The van der Waals surface area contributed by atoms with Crippen LogP contribution < -0.4 is 0 Å². The number of carbonyl (C=O) groups is 1. The topological polar surface area (TPSA) is 127 Å². The molecule has 0 aliphatic heterocycles. The summed E-state index contributed by atoms with van der Waals surface area (Å²) in [5.41, 5.74) is 0. The fourth-order valence-corrected chi connectivity index (χ4v) is 0.886. The second kappa shape index (κ2) is 6.77. The Bertz CT molecular complexity index is 190. The number of hydrogen-bond acceptors (Lipinski definition) is 7. The van der Waals surface area contributed by atoms with Crippen LogP contribution >= 0.6 is 0 Å². The molecule has 0 bridgehead atoms. The van der Waals surface area contributed by atoms with Gasteiger partial charge in [0.15, 0.2) is 12.4 Å². The van der Waals surface area contributed by atoms with E-state index in [4.69, 9.17) is 25.5 Å². The van der Waals surface area contributed by atoms with Crippen molar-refractivity contribution < 1.29 is 39.8 Å². The van der Waals surface area contributed by atoms with Crippen LogP contribution in [0.3, 0.4) is 0 Å². The lowest BCUT2D eigenvalue weighted by molar-refractivity contribution is -0.223. The van der Waals surface area contributed by atoms with Crippen molar-refractivity contribution >= 4 is 6.29 Å². The summed E-state index contributed by atoms with van der Waals surface area (Å²) >= 11 is 0. The van der Waals surface area contributed by atoms with E-state index in [1.807, 2.05) is 0 Å². The van der Waals surface area contributed by atoms with E-state index in [0.29, 0.717) is 0 Å². The molecule has 0 amide bonds. The van der Waals surface area contributed by atoms with Crippen LogP contribution in [-0.2, 0) is 9.74 Å². The molecule has 4 unspecified atom stereocenters. The molecular weight excluding hydrogens is 215 g/mol. The molecule has 7 nitrogen and oxygen atoms in total. The first-order valence-electron chi connectivity index (χ1n) is 4.05. The third-order valence-electron chi connectivity index (χ3n) is 1.85. The summed E-state index contributed by atoms with van der Waals surface area (Å²) < 4.78 is 11.6. The molecule has 15 heavy (non-hydrogen) atoms. The van der Waals surface area contributed by atoms with Crippen molar-refractivity contribution in [3.05, 3.63) is 0 Å². The van der Waals surface area contributed by atoms with Crippen LogP contribution in [0.25, 0.3) is 0 Å². The molecule has 0 aromatic rings. The van der Waals surface area contributed by atoms with Gasteiger partial charge in [0, 0.05) is 0 Å². The van der Waals surface area contributed by atoms with Crippen LogP contribution in [0.2, 0.25) is 0 Å². The number of aliphatic hydroxyl groups excluding tert-OH is 5. The van der Waals surface area contributed by atoms with Gasteiger partial charge in [-0.1, -0.05) is 0 Å². The molecule has 90 valence electrons. The van der Waals surface area contributed by atoms with E-state index < -0.39 is 37.1 Å². The fraction of sp³-hybridized carbons (Fsp3) is 0.857. The molecule has 0 aliphatic carbocycles. The summed E-state index contributed by atoms with van der Waals surface area (Å²) in [6.45, 7) is -0.868. The molecule has 5 N–H and O–H groups in total. The van der Waals surface area contributed by atoms with Crippen LogP contribution in [-0.4, -0.2) is 68.9 Å². The van der Waals surface area contributed by atoms with Crippen molar-refractivity contribution in [2.75, 3.05) is 6.61 Å². The molecule has 0 rings (SSSR count). The molecular formula is C7H13FO7. The van der Waals surface area contributed by atoms with E-state index in [1.165, 1.54) is 0 Å². The van der Waals surface area contributed by atoms with Gasteiger partial charge in [-0.2, -0.15) is 4.94 Å². The Kier molecular flexibility index (Phi) is 6.48. The van der Waals surface area contributed by atoms with Crippen LogP contribution in [0, 0.1) is 0 Å². The standard InChI is InChI=1S/C7H13FO7/c8-15-4(2-10)6(13)7(14)5(12)3(11)1-9/h2-7,9,11-14H,1H2/t3?,4-,5?,6?,7?/m1/s1. The normalized spacial score (nSPS) is 21.5. The molecule has 8 heteroatoms. The minimum absolute atomic E-state index is 0.119. The molecule has 0 aromatic carbocycles. The second-order valence-corrected chi connectivity index (χ2v) is 2.91. The Morgan fingerprint density at radius 3 is 2.00 bits per heavy atom. The van der Waals surface area contributed by atoms with E-state index >= 15 is 0 Å². The van der Waals surface area contributed by atoms with E-state index in [9.17, 15) is 9.32 Å². The first kappa shape index (κ1) is 14.4. The molecule has 0 spiro atoms. The Morgan fingerprint density at radius 1 is 1.13 bits per heavy atom. The summed E-state index contributed by atoms with van der Waals surface area (Å²) in [7, 11) is 0. The van der Waals surface area contributed by atoms with Gasteiger partial charge >= 0.3 is 0 Å². The SMILES string of the molecule is O=C[C@@H](OF)C(O)C(O)C(O)C(O)CO. The smallest absolute Gasteiger partial charge is 0.182 e. The highest BCUT2D eigenvalue weighted by Gasteiger charge is 2.35. The Balaban J connectivity index is 4.40. The zero-order valence-corrected chi connectivity index (χ0v) is 7.60. The van der Waals surface area contributed by atoms with Gasteiger partial charge in [-0.05, 0) is 4.53 Å². The maximum Gasteiger partial charge on any atom is 0.182 e. The summed E-state index contributed by atoms with van der Waals surface area (Å²) in [6, 6.07) is 0. The van der Waals surface area contributed by atoms with Crippen molar-refractivity contribution in [1.82, 2.24) is 0 Å². The third kappa shape index (κ3) is 3.78. The van der Waals surface area contributed by atoms with Crippen LogP contribution in [0.15, 0.2) is 0 Å². The fourth-order valence-electron chi connectivity index (χ4n) is 0.886. The number of carbonyl (C=O) groups excluding carboxylic acids is 1. The van der Waals surface area contributed by atoms with E-state index in [-0.39, 0.29) is 6.29 Å². The Hall–Kier alpha value is -0.640. The van der Waals surface area contributed by atoms with Crippen LogP contribution in [0.4, 0.5) is 4.53 Å². The van der Waals surface area contributed by atoms with E-state index in [2.05, 4.69) is 4.94 Å². The third-order valence-corrected chi connectivity index (χ3v) is 1.85. The predicted octanol–water partition coefficient (Wildman–Crippen LogP) is -3.11. The first-order valence-corrected chi connectivity index (χ1v) is 4.05. The predicted molar refractivity (Wildman–Crippen MR) is 43.2 cm³/mol. The largest absolute Gasteiger partial charge is 0.394 e. The second-order valence-electron chi connectivity index (χ2n) is 2.91. The minimum Gasteiger partial charge on any atom is -0.394 e. The van der Waals surface area contributed by atoms with Gasteiger partial charge in [0.25, 0.3) is 0 Å². The zero-order valence-electron chi connectivity index (χ0n) is 7.60. The van der Waals surface area contributed by atoms with Crippen molar-refractivity contribution in [3.8, 4) is 0 Å². The van der Waals surface area contributed by atoms with Gasteiger partial charge in [0.1, 0.15) is 24.4 Å². The maximum absolute atomic E-state index is 11.6. The number of aliphatic hydroxyl groups is 5. The average Bonchev–Trinajstić information content (AvgIpc) is 2.27. The van der Waals surface area contributed by atoms with Gasteiger partial charge in [-0.15, -0.1) is 0 Å². The lowest BCUT2D eigenvalue weighted by atomic mass is 10.0. The van der Waals surface area contributed by atoms with Crippen LogP contribution in [0.5, 0.6) is 0 Å². The molecule has 0 saturated heterocycles. The number of aldehydes is 1. The maximum atomic E-state index is 11.6. The number of hydrogen-bond donors (Lipinski definition) is 5. The highest BCUT2D eigenvalue weighted by atomic mass is 19.3. The van der Waals surface area contributed by atoms with E-state index in [1.54, 1.807) is 0 Å².